The highest BCUT2D eigenvalue weighted by molar-refractivity contribution is 7.99. The third-order valence-corrected chi connectivity index (χ3v) is 4.11. The number of carbonyl (C=O) groups is 1. The lowest BCUT2D eigenvalue weighted by atomic mass is 10.3. The SMILES string of the molecule is O=C(CSc1nnnn1-c1ccccc1F)N1CCOCC1. The van der Waals surface area contributed by atoms with Crippen LogP contribution >= 0.6 is 11.8 Å². The van der Waals surface area contributed by atoms with Crippen molar-refractivity contribution in [2.45, 2.75) is 5.16 Å². The van der Waals surface area contributed by atoms with Crippen LogP contribution in [0.25, 0.3) is 5.69 Å². The number of carbonyl (C=O) groups excluding carboxylic acids is 1. The van der Waals surface area contributed by atoms with Gasteiger partial charge in [0.2, 0.25) is 11.1 Å². The van der Waals surface area contributed by atoms with Crippen LogP contribution in [0.2, 0.25) is 0 Å². The molecule has 1 saturated heterocycles. The number of morpholine rings is 1. The van der Waals surface area contributed by atoms with Crippen molar-refractivity contribution < 1.29 is 13.9 Å². The molecule has 0 spiro atoms. The van der Waals surface area contributed by atoms with Gasteiger partial charge in [-0.2, -0.15) is 4.68 Å². The maximum Gasteiger partial charge on any atom is 0.233 e. The number of aromatic nitrogens is 4. The second kappa shape index (κ2) is 6.84. The van der Waals surface area contributed by atoms with Crippen LogP contribution in [0.1, 0.15) is 0 Å². The zero-order chi connectivity index (χ0) is 15.4. The molecule has 1 aliphatic heterocycles. The fourth-order valence-electron chi connectivity index (χ4n) is 2.07. The zero-order valence-electron chi connectivity index (χ0n) is 11.7. The molecule has 1 amide bonds. The van der Waals surface area contributed by atoms with Gasteiger partial charge in [0.25, 0.3) is 0 Å². The average molecular weight is 323 g/mol. The summed E-state index contributed by atoms with van der Waals surface area (Å²) >= 11 is 1.19. The zero-order valence-corrected chi connectivity index (χ0v) is 12.5. The third kappa shape index (κ3) is 3.25. The Labute approximate surface area is 130 Å². The largest absolute Gasteiger partial charge is 0.378 e. The molecule has 0 N–H and O–H groups in total. The number of benzene rings is 1. The van der Waals surface area contributed by atoms with Crippen LogP contribution < -0.4 is 0 Å². The van der Waals surface area contributed by atoms with Crippen LogP contribution in [0.3, 0.4) is 0 Å². The Morgan fingerprint density at radius 1 is 1.32 bits per heavy atom. The van der Waals surface area contributed by atoms with Crippen molar-refractivity contribution in [1.82, 2.24) is 25.1 Å². The number of tetrazole rings is 1. The van der Waals surface area contributed by atoms with Gasteiger partial charge in [0.05, 0.1) is 19.0 Å². The van der Waals surface area contributed by atoms with Crippen LogP contribution in [0.5, 0.6) is 0 Å². The Morgan fingerprint density at radius 3 is 2.86 bits per heavy atom. The molecule has 1 aliphatic rings. The van der Waals surface area contributed by atoms with E-state index in [2.05, 4.69) is 15.5 Å². The van der Waals surface area contributed by atoms with Crippen molar-refractivity contribution in [2.24, 2.45) is 0 Å². The lowest BCUT2D eigenvalue weighted by molar-refractivity contribution is -0.132. The molecule has 3 rings (SSSR count). The normalized spacial score (nSPS) is 15.0. The fourth-order valence-corrected chi connectivity index (χ4v) is 2.86. The molecule has 1 aromatic heterocycles. The highest BCUT2D eigenvalue weighted by atomic mass is 32.2. The van der Waals surface area contributed by atoms with E-state index in [1.165, 1.54) is 22.5 Å². The molecule has 1 fully saturated rings. The van der Waals surface area contributed by atoms with Crippen LogP contribution in [-0.4, -0.2) is 63.1 Å². The van der Waals surface area contributed by atoms with Gasteiger partial charge in [-0.1, -0.05) is 23.9 Å². The van der Waals surface area contributed by atoms with E-state index in [9.17, 15) is 9.18 Å². The van der Waals surface area contributed by atoms with Gasteiger partial charge in [0.15, 0.2) is 0 Å². The molecule has 0 unspecified atom stereocenters. The minimum absolute atomic E-state index is 0.00335. The molecule has 0 atom stereocenters. The average Bonchev–Trinajstić information content (AvgIpc) is 3.02. The summed E-state index contributed by atoms with van der Waals surface area (Å²) in [5.41, 5.74) is 0.258. The number of ether oxygens (including phenoxy) is 1. The maximum atomic E-state index is 13.8. The molecule has 0 aliphatic carbocycles. The van der Waals surface area contributed by atoms with Gasteiger partial charge in [0.1, 0.15) is 11.5 Å². The molecule has 116 valence electrons. The van der Waals surface area contributed by atoms with Crippen LogP contribution in [0.15, 0.2) is 29.4 Å². The smallest absolute Gasteiger partial charge is 0.233 e. The van der Waals surface area contributed by atoms with E-state index < -0.39 is 5.82 Å². The van der Waals surface area contributed by atoms with E-state index >= 15 is 0 Å². The Hall–Kier alpha value is -2.00. The Kier molecular flexibility index (Phi) is 4.64. The van der Waals surface area contributed by atoms with Gasteiger partial charge in [-0.05, 0) is 22.6 Å². The number of amides is 1. The topological polar surface area (TPSA) is 73.1 Å². The summed E-state index contributed by atoms with van der Waals surface area (Å²) in [4.78, 5) is 13.8. The van der Waals surface area contributed by atoms with Gasteiger partial charge in [0, 0.05) is 13.1 Å². The molecule has 2 aromatic rings. The Balaban J connectivity index is 1.68. The third-order valence-electron chi connectivity index (χ3n) is 3.21. The number of nitrogens with zero attached hydrogens (tertiary/aromatic N) is 5. The van der Waals surface area contributed by atoms with E-state index in [1.54, 1.807) is 23.1 Å². The van der Waals surface area contributed by atoms with Gasteiger partial charge in [-0.25, -0.2) is 4.39 Å². The predicted molar refractivity (Wildman–Crippen MR) is 77.2 cm³/mol. The number of halogens is 1. The summed E-state index contributed by atoms with van der Waals surface area (Å²) < 4.78 is 20.3. The maximum absolute atomic E-state index is 13.8. The quantitative estimate of drug-likeness (QED) is 0.773. The monoisotopic (exact) mass is 323 g/mol. The molecule has 0 radical (unpaired) electrons. The molecule has 9 heteroatoms. The second-order valence-electron chi connectivity index (χ2n) is 4.61. The lowest BCUT2D eigenvalue weighted by Crippen LogP contribution is -2.41. The van der Waals surface area contributed by atoms with Gasteiger partial charge < -0.3 is 9.64 Å². The molecular formula is C13H14FN5O2S. The number of rotatable bonds is 4. The Morgan fingerprint density at radius 2 is 2.09 bits per heavy atom. The minimum Gasteiger partial charge on any atom is -0.378 e. The van der Waals surface area contributed by atoms with Gasteiger partial charge in [-0.15, -0.1) is 5.10 Å². The molecule has 2 heterocycles. The van der Waals surface area contributed by atoms with Crippen molar-refractivity contribution in [3.63, 3.8) is 0 Å². The number of hydrogen-bond acceptors (Lipinski definition) is 6. The first-order valence-corrected chi connectivity index (χ1v) is 7.76. The summed E-state index contributed by atoms with van der Waals surface area (Å²) in [6.45, 7) is 2.31. The van der Waals surface area contributed by atoms with E-state index in [1.807, 2.05) is 0 Å². The standard InChI is InChI=1S/C13H14FN5O2S/c14-10-3-1-2-4-11(10)19-13(15-16-17-19)22-9-12(20)18-5-7-21-8-6-18/h1-4H,5-9H2. The number of hydrogen-bond donors (Lipinski definition) is 0. The first-order chi connectivity index (χ1) is 10.8. The molecular weight excluding hydrogens is 309 g/mol. The molecule has 7 nitrogen and oxygen atoms in total. The summed E-state index contributed by atoms with van der Waals surface area (Å²) in [5.74, 6) is -0.220. The summed E-state index contributed by atoms with van der Waals surface area (Å²) in [6.07, 6.45) is 0. The van der Waals surface area contributed by atoms with Crippen molar-refractivity contribution in [3.05, 3.63) is 30.1 Å². The number of thioether (sulfide) groups is 1. The van der Waals surface area contributed by atoms with Crippen molar-refractivity contribution in [2.75, 3.05) is 32.1 Å². The summed E-state index contributed by atoms with van der Waals surface area (Å²) in [5, 5.41) is 11.6. The molecule has 1 aromatic carbocycles. The fraction of sp³-hybridized carbons (Fsp3) is 0.385. The van der Waals surface area contributed by atoms with Gasteiger partial charge >= 0.3 is 0 Å². The highest BCUT2D eigenvalue weighted by Crippen LogP contribution is 2.20. The minimum atomic E-state index is -0.420. The van der Waals surface area contributed by atoms with Crippen molar-refractivity contribution in [1.29, 1.82) is 0 Å². The lowest BCUT2D eigenvalue weighted by Gasteiger charge is -2.26. The molecule has 22 heavy (non-hydrogen) atoms. The first-order valence-electron chi connectivity index (χ1n) is 6.77. The molecule has 0 bridgehead atoms. The van der Waals surface area contributed by atoms with Crippen molar-refractivity contribution >= 4 is 17.7 Å². The van der Waals surface area contributed by atoms with Crippen LogP contribution in [-0.2, 0) is 9.53 Å². The van der Waals surface area contributed by atoms with E-state index in [-0.39, 0.29) is 17.3 Å². The predicted octanol–water partition coefficient (Wildman–Crippen LogP) is 0.752. The Bertz CT molecular complexity index is 659. The van der Waals surface area contributed by atoms with Gasteiger partial charge in [-0.3, -0.25) is 4.79 Å². The van der Waals surface area contributed by atoms with Crippen LogP contribution in [0, 0.1) is 5.82 Å². The highest BCUT2D eigenvalue weighted by Gasteiger charge is 2.19. The molecule has 0 saturated carbocycles. The van der Waals surface area contributed by atoms with E-state index in [4.69, 9.17) is 4.74 Å². The summed E-state index contributed by atoms with van der Waals surface area (Å²) in [6, 6.07) is 6.22. The van der Waals surface area contributed by atoms with E-state index in [0.29, 0.717) is 31.5 Å². The second-order valence-corrected chi connectivity index (χ2v) is 5.55. The number of para-hydroxylation sites is 1. The van der Waals surface area contributed by atoms with Crippen LogP contribution in [0.4, 0.5) is 4.39 Å². The summed E-state index contributed by atoms with van der Waals surface area (Å²) in [7, 11) is 0. The van der Waals surface area contributed by atoms with E-state index in [0.717, 1.165) is 0 Å². The first kappa shape index (κ1) is 14.9. The van der Waals surface area contributed by atoms with Crippen molar-refractivity contribution in [3.8, 4) is 5.69 Å².